The van der Waals surface area contributed by atoms with Gasteiger partial charge in [0.05, 0.1) is 27.0 Å². The molecule has 6 nitrogen and oxygen atoms in total. The molecule has 166 valence electrons. The fraction of sp³-hybridized carbons (Fsp3) is 0.240. The first-order valence-corrected chi connectivity index (χ1v) is 11.3. The van der Waals surface area contributed by atoms with Gasteiger partial charge >= 0.3 is 0 Å². The second kappa shape index (κ2) is 9.44. The first kappa shape index (κ1) is 21.9. The van der Waals surface area contributed by atoms with Gasteiger partial charge in [-0.05, 0) is 36.1 Å². The molecule has 0 radical (unpaired) electrons. The molecule has 32 heavy (non-hydrogen) atoms. The van der Waals surface area contributed by atoms with Crippen molar-refractivity contribution in [3.63, 3.8) is 0 Å². The molecule has 0 N–H and O–H groups in total. The lowest BCUT2D eigenvalue weighted by Crippen LogP contribution is -2.61. The number of carbonyl (C=O) groups excluding carboxylic acids is 1. The number of thioether (sulfide) groups is 1. The van der Waals surface area contributed by atoms with Crippen LogP contribution in [0.2, 0.25) is 0 Å². The number of anilines is 1. The summed E-state index contributed by atoms with van der Waals surface area (Å²) in [5.74, 6) is 1.96. The van der Waals surface area contributed by atoms with Gasteiger partial charge in [-0.15, -0.1) is 11.8 Å². The van der Waals surface area contributed by atoms with E-state index in [4.69, 9.17) is 18.9 Å². The number of ether oxygens (including phenoxy) is 4. The Bertz CT molecular complexity index is 1060. The monoisotopic (exact) mass is 451 g/mol. The molecule has 0 aromatic heterocycles. The normalized spacial score (nSPS) is 17.5. The molecule has 0 spiro atoms. The molecule has 1 saturated heterocycles. The lowest BCUT2D eigenvalue weighted by molar-refractivity contribution is -0.135. The second-order valence-electron chi connectivity index (χ2n) is 7.16. The fourth-order valence-corrected chi connectivity index (χ4v) is 4.25. The van der Waals surface area contributed by atoms with Crippen molar-refractivity contribution >= 4 is 23.4 Å². The summed E-state index contributed by atoms with van der Waals surface area (Å²) in [5.41, 5.74) is 1.63. The Morgan fingerprint density at radius 2 is 1.47 bits per heavy atom. The van der Waals surface area contributed by atoms with Crippen LogP contribution in [0.4, 0.5) is 5.69 Å². The molecule has 2 atom stereocenters. The number of methoxy groups -OCH3 is 3. The molecule has 0 unspecified atom stereocenters. The highest BCUT2D eigenvalue weighted by molar-refractivity contribution is 7.98. The maximum atomic E-state index is 13.3. The number of β-lactam (4-membered cyclic amide) rings is 1. The SMILES string of the molecule is COc1cc(N2C(=O)[C@@H](Oc3ccccc3)[C@H]2c2ccc(SC)cc2)cc(OC)c1OC. The van der Waals surface area contributed by atoms with E-state index in [1.165, 1.54) is 0 Å². The molecular formula is C25H25NO5S. The van der Waals surface area contributed by atoms with Crippen LogP contribution in [0.25, 0.3) is 0 Å². The predicted molar refractivity (Wildman–Crippen MR) is 125 cm³/mol. The molecule has 1 amide bonds. The van der Waals surface area contributed by atoms with Crippen LogP contribution >= 0.6 is 11.8 Å². The third kappa shape index (κ3) is 3.96. The fourth-order valence-electron chi connectivity index (χ4n) is 3.84. The van der Waals surface area contributed by atoms with Gasteiger partial charge < -0.3 is 18.9 Å². The topological polar surface area (TPSA) is 57.2 Å². The Morgan fingerprint density at radius 3 is 2.00 bits per heavy atom. The minimum atomic E-state index is -0.642. The summed E-state index contributed by atoms with van der Waals surface area (Å²) in [6.45, 7) is 0. The summed E-state index contributed by atoms with van der Waals surface area (Å²) in [5, 5.41) is 0. The van der Waals surface area contributed by atoms with Crippen molar-refractivity contribution in [3.8, 4) is 23.0 Å². The zero-order valence-corrected chi connectivity index (χ0v) is 19.2. The highest BCUT2D eigenvalue weighted by Crippen LogP contribution is 2.47. The second-order valence-corrected chi connectivity index (χ2v) is 8.04. The van der Waals surface area contributed by atoms with Crippen LogP contribution in [0, 0.1) is 0 Å². The summed E-state index contributed by atoms with van der Waals surface area (Å²) in [7, 11) is 4.66. The summed E-state index contributed by atoms with van der Waals surface area (Å²) >= 11 is 1.67. The Morgan fingerprint density at radius 1 is 0.844 bits per heavy atom. The summed E-state index contributed by atoms with van der Waals surface area (Å²) in [6.07, 6.45) is 1.39. The van der Waals surface area contributed by atoms with E-state index in [1.54, 1.807) is 50.1 Å². The van der Waals surface area contributed by atoms with E-state index in [1.807, 2.05) is 48.7 Å². The van der Waals surface area contributed by atoms with Crippen molar-refractivity contribution in [1.29, 1.82) is 0 Å². The number of rotatable bonds is 8. The first-order valence-electron chi connectivity index (χ1n) is 10.1. The molecule has 0 aliphatic carbocycles. The smallest absolute Gasteiger partial charge is 0.271 e. The van der Waals surface area contributed by atoms with Gasteiger partial charge in [0.1, 0.15) is 11.8 Å². The van der Waals surface area contributed by atoms with Crippen molar-refractivity contribution in [1.82, 2.24) is 0 Å². The number of hydrogen-bond acceptors (Lipinski definition) is 6. The summed E-state index contributed by atoms with van der Waals surface area (Å²) in [4.78, 5) is 16.2. The molecule has 1 fully saturated rings. The van der Waals surface area contributed by atoms with Crippen LogP contribution in [-0.2, 0) is 4.79 Å². The van der Waals surface area contributed by atoms with Crippen LogP contribution in [-0.4, -0.2) is 39.6 Å². The van der Waals surface area contributed by atoms with Gasteiger partial charge in [-0.3, -0.25) is 9.69 Å². The van der Waals surface area contributed by atoms with Crippen molar-refractivity contribution in [3.05, 3.63) is 72.3 Å². The molecule has 1 aliphatic rings. The van der Waals surface area contributed by atoms with Crippen molar-refractivity contribution in [2.75, 3.05) is 32.5 Å². The highest BCUT2D eigenvalue weighted by atomic mass is 32.2. The van der Waals surface area contributed by atoms with Crippen molar-refractivity contribution in [2.45, 2.75) is 17.0 Å². The van der Waals surface area contributed by atoms with Crippen LogP contribution < -0.4 is 23.8 Å². The number of benzene rings is 3. The predicted octanol–water partition coefficient (Wildman–Crippen LogP) is 4.97. The van der Waals surface area contributed by atoms with Gasteiger partial charge in [0.25, 0.3) is 5.91 Å². The summed E-state index contributed by atoms with van der Waals surface area (Å²) < 4.78 is 22.5. The van der Waals surface area contributed by atoms with E-state index in [2.05, 4.69) is 12.1 Å². The van der Waals surface area contributed by atoms with Crippen LogP contribution in [0.3, 0.4) is 0 Å². The Labute approximate surface area is 192 Å². The van der Waals surface area contributed by atoms with E-state index in [0.717, 1.165) is 10.5 Å². The summed E-state index contributed by atoms with van der Waals surface area (Å²) in [6, 6.07) is 20.8. The molecule has 0 bridgehead atoms. The number of amides is 1. The molecule has 1 heterocycles. The average Bonchev–Trinajstić information content (AvgIpc) is 2.85. The molecule has 3 aromatic carbocycles. The van der Waals surface area contributed by atoms with E-state index in [-0.39, 0.29) is 11.9 Å². The molecule has 4 rings (SSSR count). The van der Waals surface area contributed by atoms with Crippen molar-refractivity contribution in [2.24, 2.45) is 0 Å². The largest absolute Gasteiger partial charge is 0.493 e. The third-order valence-electron chi connectivity index (χ3n) is 5.44. The average molecular weight is 452 g/mol. The minimum Gasteiger partial charge on any atom is -0.493 e. The first-order chi connectivity index (χ1) is 15.6. The highest BCUT2D eigenvalue weighted by Gasteiger charge is 2.51. The van der Waals surface area contributed by atoms with Gasteiger partial charge in [0, 0.05) is 17.0 Å². The van der Waals surface area contributed by atoms with Crippen LogP contribution in [0.1, 0.15) is 11.6 Å². The van der Waals surface area contributed by atoms with Crippen molar-refractivity contribution < 1.29 is 23.7 Å². The Hall–Kier alpha value is -3.32. The molecule has 0 saturated carbocycles. The Balaban J connectivity index is 1.75. The van der Waals surface area contributed by atoms with Crippen LogP contribution in [0.15, 0.2) is 71.6 Å². The molecule has 3 aromatic rings. The molecular weight excluding hydrogens is 426 g/mol. The third-order valence-corrected chi connectivity index (χ3v) is 6.18. The van der Waals surface area contributed by atoms with Crippen LogP contribution in [0.5, 0.6) is 23.0 Å². The Kier molecular flexibility index (Phi) is 6.46. The lowest BCUT2D eigenvalue weighted by Gasteiger charge is -2.46. The molecule has 1 aliphatic heterocycles. The maximum absolute atomic E-state index is 13.3. The van der Waals surface area contributed by atoms with Gasteiger partial charge in [0.2, 0.25) is 11.9 Å². The number of hydrogen-bond donors (Lipinski definition) is 0. The van der Waals surface area contributed by atoms with E-state index < -0.39 is 6.10 Å². The van der Waals surface area contributed by atoms with Gasteiger partial charge in [0.15, 0.2) is 11.5 Å². The number of para-hydroxylation sites is 1. The van der Waals surface area contributed by atoms with E-state index in [9.17, 15) is 4.79 Å². The lowest BCUT2D eigenvalue weighted by atomic mass is 9.89. The minimum absolute atomic E-state index is 0.137. The van der Waals surface area contributed by atoms with Gasteiger partial charge in [-0.2, -0.15) is 0 Å². The van der Waals surface area contributed by atoms with Gasteiger partial charge in [-0.1, -0.05) is 30.3 Å². The van der Waals surface area contributed by atoms with Gasteiger partial charge in [-0.25, -0.2) is 0 Å². The zero-order valence-electron chi connectivity index (χ0n) is 18.4. The van der Waals surface area contributed by atoms with E-state index in [0.29, 0.717) is 28.7 Å². The molecule has 7 heteroatoms. The number of nitrogens with zero attached hydrogens (tertiary/aromatic N) is 1. The van der Waals surface area contributed by atoms with E-state index >= 15 is 0 Å². The standard InChI is InChI=1S/C25H25NO5S/c1-28-20-14-17(15-21(29-2)23(20)30-3)26-22(16-10-12-19(32-4)13-11-16)24(25(26)27)31-18-8-6-5-7-9-18/h5-15,22,24H,1-4H3/t22-,24+/m1/s1. The number of carbonyl (C=O) groups is 1. The maximum Gasteiger partial charge on any atom is 0.271 e. The quantitative estimate of drug-likeness (QED) is 0.356. The zero-order chi connectivity index (χ0) is 22.7.